The minimum Gasteiger partial charge on any atom is -0.493 e. The maximum Gasteiger partial charge on any atom is 0.305 e. The highest BCUT2D eigenvalue weighted by atomic mass is 16.5. The highest BCUT2D eigenvalue weighted by molar-refractivity contribution is 5.69. The van der Waals surface area contributed by atoms with Crippen LogP contribution in [0.25, 0.3) is 0 Å². The largest absolute Gasteiger partial charge is 0.493 e. The number of rotatable bonds is 10. The van der Waals surface area contributed by atoms with Crippen molar-refractivity contribution >= 4 is 5.97 Å². The highest BCUT2D eigenvalue weighted by Gasteiger charge is 2.06. The Bertz CT molecular complexity index is 454. The Morgan fingerprint density at radius 3 is 2.76 bits per heavy atom. The third-order valence-corrected chi connectivity index (χ3v) is 2.95. The predicted molar refractivity (Wildman–Crippen MR) is 82.9 cm³/mol. The molecular weight excluding hydrogens is 268 g/mol. The summed E-state index contributed by atoms with van der Waals surface area (Å²) in [6.45, 7) is 6.52. The molecule has 21 heavy (non-hydrogen) atoms. The van der Waals surface area contributed by atoms with Crippen molar-refractivity contribution in [1.82, 2.24) is 0 Å². The number of hydrogen-bond donors (Lipinski definition) is 0. The first kappa shape index (κ1) is 17.1. The van der Waals surface area contributed by atoms with Crippen LogP contribution >= 0.6 is 0 Å². The van der Waals surface area contributed by atoms with Crippen LogP contribution in [-0.4, -0.2) is 26.3 Å². The molecule has 0 saturated carbocycles. The molecule has 0 amide bonds. The van der Waals surface area contributed by atoms with Crippen molar-refractivity contribution in [2.75, 3.05) is 20.3 Å². The fourth-order valence-corrected chi connectivity index (χ4v) is 1.91. The van der Waals surface area contributed by atoms with Crippen LogP contribution in [0.5, 0.6) is 11.5 Å². The number of carbonyl (C=O) groups is 1. The van der Waals surface area contributed by atoms with Crippen molar-refractivity contribution < 1.29 is 19.0 Å². The first-order chi connectivity index (χ1) is 10.2. The van der Waals surface area contributed by atoms with Gasteiger partial charge in [-0.25, -0.2) is 0 Å². The molecule has 0 aliphatic rings. The van der Waals surface area contributed by atoms with Crippen LogP contribution in [0, 0.1) is 0 Å². The lowest BCUT2D eigenvalue weighted by atomic mass is 10.1. The van der Waals surface area contributed by atoms with Crippen LogP contribution in [0.15, 0.2) is 30.9 Å². The molecule has 0 heterocycles. The van der Waals surface area contributed by atoms with Crippen LogP contribution < -0.4 is 9.47 Å². The average Bonchev–Trinajstić information content (AvgIpc) is 2.48. The van der Waals surface area contributed by atoms with Gasteiger partial charge in [0.15, 0.2) is 11.5 Å². The zero-order valence-electron chi connectivity index (χ0n) is 12.9. The Hall–Kier alpha value is -1.97. The van der Waals surface area contributed by atoms with Gasteiger partial charge in [-0.15, -0.1) is 6.58 Å². The summed E-state index contributed by atoms with van der Waals surface area (Å²) in [4.78, 5) is 11.2. The van der Waals surface area contributed by atoms with E-state index in [4.69, 9.17) is 14.2 Å². The van der Waals surface area contributed by atoms with Crippen molar-refractivity contribution in [3.8, 4) is 11.5 Å². The molecule has 0 spiro atoms. The van der Waals surface area contributed by atoms with Gasteiger partial charge in [0, 0.05) is 6.42 Å². The van der Waals surface area contributed by atoms with E-state index in [0.717, 1.165) is 36.3 Å². The lowest BCUT2D eigenvalue weighted by Crippen LogP contribution is -2.05. The van der Waals surface area contributed by atoms with E-state index < -0.39 is 0 Å². The number of allylic oxidation sites excluding steroid dienone is 1. The Morgan fingerprint density at radius 1 is 1.29 bits per heavy atom. The third-order valence-electron chi connectivity index (χ3n) is 2.95. The first-order valence-corrected chi connectivity index (χ1v) is 7.27. The van der Waals surface area contributed by atoms with Crippen LogP contribution in [0.4, 0.5) is 0 Å². The fourth-order valence-electron chi connectivity index (χ4n) is 1.91. The van der Waals surface area contributed by atoms with Crippen LogP contribution in [0.3, 0.4) is 0 Å². The van der Waals surface area contributed by atoms with Crippen LogP contribution in [0.2, 0.25) is 0 Å². The average molecular weight is 292 g/mol. The smallest absolute Gasteiger partial charge is 0.305 e. The van der Waals surface area contributed by atoms with Crippen molar-refractivity contribution in [1.29, 1.82) is 0 Å². The summed E-state index contributed by atoms with van der Waals surface area (Å²) in [6, 6.07) is 5.86. The summed E-state index contributed by atoms with van der Waals surface area (Å²) in [7, 11) is 1.63. The SMILES string of the molecule is C=CCc1ccc(OCCCCC(=O)OCC)c(OC)c1. The molecule has 0 atom stereocenters. The number of unbranched alkanes of at least 4 members (excludes halogenated alkanes) is 1. The molecule has 0 aromatic heterocycles. The van der Waals surface area contributed by atoms with E-state index in [1.54, 1.807) is 7.11 Å². The molecule has 116 valence electrons. The molecule has 0 fully saturated rings. The molecule has 0 aliphatic heterocycles. The van der Waals surface area contributed by atoms with Crippen molar-refractivity contribution in [2.24, 2.45) is 0 Å². The highest BCUT2D eigenvalue weighted by Crippen LogP contribution is 2.28. The molecule has 4 nitrogen and oxygen atoms in total. The summed E-state index contributed by atoms with van der Waals surface area (Å²) < 4.78 is 15.9. The van der Waals surface area contributed by atoms with Crippen molar-refractivity contribution in [3.05, 3.63) is 36.4 Å². The van der Waals surface area contributed by atoms with Gasteiger partial charge in [0.1, 0.15) is 0 Å². The Morgan fingerprint density at radius 2 is 2.10 bits per heavy atom. The molecule has 0 unspecified atom stereocenters. The maximum atomic E-state index is 11.2. The molecule has 1 aromatic carbocycles. The number of esters is 1. The van der Waals surface area contributed by atoms with Crippen molar-refractivity contribution in [3.63, 3.8) is 0 Å². The molecule has 0 saturated heterocycles. The molecule has 1 rings (SSSR count). The van der Waals surface area contributed by atoms with E-state index in [-0.39, 0.29) is 5.97 Å². The van der Waals surface area contributed by atoms with E-state index in [1.165, 1.54) is 0 Å². The van der Waals surface area contributed by atoms with Crippen LogP contribution in [-0.2, 0) is 16.0 Å². The van der Waals surface area contributed by atoms with Crippen molar-refractivity contribution in [2.45, 2.75) is 32.6 Å². The van der Waals surface area contributed by atoms with E-state index in [0.29, 0.717) is 19.6 Å². The van der Waals surface area contributed by atoms with Gasteiger partial charge < -0.3 is 14.2 Å². The summed E-state index contributed by atoms with van der Waals surface area (Å²) in [5.74, 6) is 1.30. The Labute approximate surface area is 126 Å². The number of ether oxygens (including phenoxy) is 3. The van der Waals surface area contributed by atoms with Gasteiger partial charge in [0.2, 0.25) is 0 Å². The molecule has 0 radical (unpaired) electrons. The number of benzene rings is 1. The molecule has 0 aliphatic carbocycles. The van der Waals surface area contributed by atoms with Gasteiger partial charge in [0.25, 0.3) is 0 Å². The summed E-state index contributed by atoms with van der Waals surface area (Å²) in [5.41, 5.74) is 1.14. The number of hydrogen-bond acceptors (Lipinski definition) is 4. The number of methoxy groups -OCH3 is 1. The van der Waals surface area contributed by atoms with Gasteiger partial charge in [-0.1, -0.05) is 12.1 Å². The summed E-state index contributed by atoms with van der Waals surface area (Å²) >= 11 is 0. The van der Waals surface area contributed by atoms with Gasteiger partial charge in [-0.05, 0) is 43.9 Å². The minimum atomic E-state index is -0.149. The topological polar surface area (TPSA) is 44.8 Å². The minimum absolute atomic E-state index is 0.149. The third kappa shape index (κ3) is 6.34. The second-order valence-electron chi connectivity index (χ2n) is 4.59. The van der Waals surface area contributed by atoms with Gasteiger partial charge in [0.05, 0.1) is 20.3 Å². The lowest BCUT2D eigenvalue weighted by molar-refractivity contribution is -0.143. The fraction of sp³-hybridized carbons (Fsp3) is 0.471. The lowest BCUT2D eigenvalue weighted by Gasteiger charge is -2.11. The summed E-state index contributed by atoms with van der Waals surface area (Å²) in [6.07, 6.45) is 4.65. The Kier molecular flexibility index (Phi) is 8.02. The first-order valence-electron chi connectivity index (χ1n) is 7.27. The summed E-state index contributed by atoms with van der Waals surface area (Å²) in [5, 5.41) is 0. The molecular formula is C17H24O4. The van der Waals surface area contributed by atoms with E-state index in [2.05, 4.69) is 6.58 Å². The second kappa shape index (κ2) is 9.86. The zero-order chi connectivity index (χ0) is 15.5. The Balaban J connectivity index is 2.37. The second-order valence-corrected chi connectivity index (χ2v) is 4.59. The van der Waals surface area contributed by atoms with E-state index in [9.17, 15) is 4.79 Å². The van der Waals surface area contributed by atoms with Gasteiger partial charge >= 0.3 is 5.97 Å². The zero-order valence-corrected chi connectivity index (χ0v) is 12.9. The molecule has 0 N–H and O–H groups in total. The maximum absolute atomic E-state index is 11.2. The van der Waals surface area contributed by atoms with E-state index >= 15 is 0 Å². The quantitative estimate of drug-likeness (QED) is 0.376. The monoisotopic (exact) mass is 292 g/mol. The molecule has 1 aromatic rings. The van der Waals surface area contributed by atoms with Gasteiger partial charge in [-0.2, -0.15) is 0 Å². The normalized spacial score (nSPS) is 10.0. The van der Waals surface area contributed by atoms with E-state index in [1.807, 2.05) is 31.2 Å². The number of carbonyl (C=O) groups excluding carboxylic acids is 1. The molecule has 4 heteroatoms. The molecule has 0 bridgehead atoms. The van der Waals surface area contributed by atoms with Gasteiger partial charge in [-0.3, -0.25) is 4.79 Å². The van der Waals surface area contributed by atoms with Crippen LogP contribution in [0.1, 0.15) is 31.7 Å². The predicted octanol–water partition coefficient (Wildman–Crippen LogP) is 3.54. The standard InChI is InChI=1S/C17H24O4/c1-4-8-14-10-11-15(16(13-14)19-3)21-12-7-6-9-17(18)20-5-2/h4,10-11,13H,1,5-9,12H2,2-3H3.